The lowest BCUT2D eigenvalue weighted by Gasteiger charge is -2.26. The molecule has 0 fully saturated rings. The molecular weight excluding hydrogens is 136 g/mol. The lowest BCUT2D eigenvalue weighted by molar-refractivity contribution is -0.345. The fraction of sp³-hybridized carbons (Fsp3) is 0.833. The second-order valence-electron chi connectivity index (χ2n) is 1.57. The Bertz CT molecular complexity index is 71.6. The standard InChI is InChI=1S/C6H13O4/c1-7-5-6(8-2,9-3)10-4/h5H,1-4H3. The summed E-state index contributed by atoms with van der Waals surface area (Å²) >= 11 is 0. The van der Waals surface area contributed by atoms with Crippen molar-refractivity contribution in [1.29, 1.82) is 0 Å². The average Bonchev–Trinajstić information content (AvgIpc) is 2.01. The van der Waals surface area contributed by atoms with Crippen LogP contribution in [0.2, 0.25) is 0 Å². The van der Waals surface area contributed by atoms with E-state index in [1.165, 1.54) is 35.0 Å². The van der Waals surface area contributed by atoms with E-state index in [2.05, 4.69) is 4.74 Å². The van der Waals surface area contributed by atoms with Crippen LogP contribution in [0.15, 0.2) is 0 Å². The number of rotatable bonds is 5. The molecule has 0 bridgehead atoms. The maximum absolute atomic E-state index is 4.85. The molecule has 10 heavy (non-hydrogen) atoms. The lowest BCUT2D eigenvalue weighted by atomic mass is 10.6. The largest absolute Gasteiger partial charge is 0.370 e. The molecule has 1 radical (unpaired) electrons. The van der Waals surface area contributed by atoms with E-state index in [1.54, 1.807) is 0 Å². The van der Waals surface area contributed by atoms with E-state index < -0.39 is 5.97 Å². The summed E-state index contributed by atoms with van der Waals surface area (Å²) in [6.07, 6.45) is 0. The third-order valence-electron chi connectivity index (χ3n) is 1.12. The van der Waals surface area contributed by atoms with Gasteiger partial charge in [-0.3, -0.25) is 0 Å². The minimum atomic E-state index is -1.17. The van der Waals surface area contributed by atoms with Gasteiger partial charge in [-0.05, 0) is 0 Å². The third kappa shape index (κ3) is 2.22. The highest BCUT2D eigenvalue weighted by molar-refractivity contribution is 4.65. The van der Waals surface area contributed by atoms with Crippen LogP contribution >= 0.6 is 0 Å². The molecule has 0 aliphatic heterocycles. The minimum absolute atomic E-state index is 1.17. The zero-order valence-corrected chi connectivity index (χ0v) is 6.71. The molecule has 0 aromatic carbocycles. The Morgan fingerprint density at radius 1 is 0.900 bits per heavy atom. The molecule has 0 aliphatic carbocycles. The SMILES string of the molecule is CO[CH]C(OC)(OC)OC. The van der Waals surface area contributed by atoms with Crippen LogP contribution in [0.3, 0.4) is 0 Å². The quantitative estimate of drug-likeness (QED) is 0.530. The zero-order chi connectivity index (χ0) is 8.04. The Morgan fingerprint density at radius 3 is 1.40 bits per heavy atom. The van der Waals surface area contributed by atoms with Crippen LogP contribution in [-0.4, -0.2) is 34.4 Å². The second-order valence-corrected chi connectivity index (χ2v) is 1.57. The molecule has 4 heteroatoms. The topological polar surface area (TPSA) is 36.9 Å². The molecule has 0 unspecified atom stereocenters. The summed E-state index contributed by atoms with van der Waals surface area (Å²) in [5.41, 5.74) is 0. The van der Waals surface area contributed by atoms with Crippen LogP contribution in [0.1, 0.15) is 0 Å². The minimum Gasteiger partial charge on any atom is -0.370 e. The average molecular weight is 149 g/mol. The van der Waals surface area contributed by atoms with E-state index in [0.717, 1.165) is 0 Å². The lowest BCUT2D eigenvalue weighted by Crippen LogP contribution is -2.36. The van der Waals surface area contributed by atoms with Crippen molar-refractivity contribution in [2.24, 2.45) is 0 Å². The fourth-order valence-electron chi connectivity index (χ4n) is 0.539. The Balaban J connectivity index is 3.87. The van der Waals surface area contributed by atoms with Gasteiger partial charge in [0.2, 0.25) is 0 Å². The molecule has 0 saturated heterocycles. The van der Waals surface area contributed by atoms with Gasteiger partial charge in [-0.15, -0.1) is 0 Å². The first-order valence-corrected chi connectivity index (χ1v) is 2.77. The number of methoxy groups -OCH3 is 4. The maximum atomic E-state index is 4.85. The summed E-state index contributed by atoms with van der Waals surface area (Å²) in [5, 5.41) is 0. The van der Waals surface area contributed by atoms with Crippen LogP contribution in [0.5, 0.6) is 0 Å². The van der Waals surface area contributed by atoms with Gasteiger partial charge in [0.15, 0.2) is 6.61 Å². The van der Waals surface area contributed by atoms with Gasteiger partial charge in [0.25, 0.3) is 0 Å². The highest BCUT2D eigenvalue weighted by Gasteiger charge is 2.30. The molecule has 0 rings (SSSR count). The van der Waals surface area contributed by atoms with Crippen molar-refractivity contribution in [2.75, 3.05) is 28.4 Å². The summed E-state index contributed by atoms with van der Waals surface area (Å²) < 4.78 is 19.2. The molecule has 0 aromatic heterocycles. The van der Waals surface area contributed by atoms with E-state index in [4.69, 9.17) is 14.2 Å². The molecular formula is C6H13O4. The summed E-state index contributed by atoms with van der Waals surface area (Å²) in [4.78, 5) is 0. The van der Waals surface area contributed by atoms with Crippen LogP contribution < -0.4 is 0 Å². The molecule has 4 nitrogen and oxygen atoms in total. The van der Waals surface area contributed by atoms with Crippen molar-refractivity contribution in [2.45, 2.75) is 5.97 Å². The first kappa shape index (κ1) is 9.84. The predicted octanol–water partition coefficient (Wildman–Crippen LogP) is 0.388. The van der Waals surface area contributed by atoms with E-state index in [0.29, 0.717) is 0 Å². The van der Waals surface area contributed by atoms with Gasteiger partial charge in [-0.1, -0.05) is 0 Å². The van der Waals surface area contributed by atoms with Crippen LogP contribution in [0.4, 0.5) is 0 Å². The van der Waals surface area contributed by atoms with E-state index in [1.807, 2.05) is 0 Å². The Labute approximate surface area is 61.0 Å². The molecule has 0 saturated carbocycles. The van der Waals surface area contributed by atoms with Crippen molar-refractivity contribution < 1.29 is 18.9 Å². The maximum Gasteiger partial charge on any atom is 0.313 e. The van der Waals surface area contributed by atoms with Gasteiger partial charge in [-0.2, -0.15) is 0 Å². The highest BCUT2D eigenvalue weighted by atomic mass is 16.9. The normalized spacial score (nSPS) is 12.0. The van der Waals surface area contributed by atoms with E-state index in [-0.39, 0.29) is 0 Å². The van der Waals surface area contributed by atoms with E-state index >= 15 is 0 Å². The van der Waals surface area contributed by atoms with Gasteiger partial charge in [0.1, 0.15) is 0 Å². The van der Waals surface area contributed by atoms with Gasteiger partial charge in [0.05, 0.1) is 0 Å². The van der Waals surface area contributed by atoms with Crippen molar-refractivity contribution in [3.63, 3.8) is 0 Å². The van der Waals surface area contributed by atoms with Crippen molar-refractivity contribution >= 4 is 0 Å². The highest BCUT2D eigenvalue weighted by Crippen LogP contribution is 2.15. The van der Waals surface area contributed by atoms with Gasteiger partial charge < -0.3 is 18.9 Å². The molecule has 0 atom stereocenters. The zero-order valence-electron chi connectivity index (χ0n) is 6.71. The van der Waals surface area contributed by atoms with Crippen LogP contribution in [0.25, 0.3) is 0 Å². The Morgan fingerprint density at radius 2 is 1.30 bits per heavy atom. The first-order valence-electron chi connectivity index (χ1n) is 2.77. The molecule has 61 valence electrons. The van der Waals surface area contributed by atoms with Gasteiger partial charge in [-0.25, -0.2) is 0 Å². The van der Waals surface area contributed by atoms with Gasteiger partial charge in [0, 0.05) is 28.4 Å². The molecule has 0 aromatic rings. The van der Waals surface area contributed by atoms with Crippen molar-refractivity contribution in [1.82, 2.24) is 0 Å². The smallest absolute Gasteiger partial charge is 0.313 e. The molecule has 0 heterocycles. The third-order valence-corrected chi connectivity index (χ3v) is 1.12. The fourth-order valence-corrected chi connectivity index (χ4v) is 0.539. The van der Waals surface area contributed by atoms with Crippen LogP contribution in [-0.2, 0) is 18.9 Å². The molecule has 0 aliphatic rings. The Kier molecular flexibility index (Phi) is 4.55. The predicted molar refractivity (Wildman–Crippen MR) is 35.1 cm³/mol. The summed E-state index contributed by atoms with van der Waals surface area (Å²) in [7, 11) is 5.87. The number of hydrogen-bond acceptors (Lipinski definition) is 4. The summed E-state index contributed by atoms with van der Waals surface area (Å²) in [6, 6.07) is 0. The first-order chi connectivity index (χ1) is 4.74. The molecule has 0 spiro atoms. The monoisotopic (exact) mass is 149 g/mol. The van der Waals surface area contributed by atoms with Crippen molar-refractivity contribution in [3.8, 4) is 0 Å². The number of ether oxygens (including phenoxy) is 4. The summed E-state index contributed by atoms with van der Waals surface area (Å²) in [6.45, 7) is 1.31. The molecule has 0 amide bonds. The van der Waals surface area contributed by atoms with E-state index in [9.17, 15) is 0 Å². The van der Waals surface area contributed by atoms with Gasteiger partial charge >= 0.3 is 5.97 Å². The van der Waals surface area contributed by atoms with Crippen molar-refractivity contribution in [3.05, 3.63) is 6.61 Å². The molecule has 0 N–H and O–H groups in total. The number of hydrogen-bond donors (Lipinski definition) is 0. The summed E-state index contributed by atoms with van der Waals surface area (Å²) in [5.74, 6) is -1.17. The second kappa shape index (κ2) is 4.62. The Hall–Kier alpha value is -0.160. The van der Waals surface area contributed by atoms with Crippen LogP contribution in [0, 0.1) is 6.61 Å².